The fourth-order valence-corrected chi connectivity index (χ4v) is 6.47. The number of amides is 1. The fourth-order valence-electron chi connectivity index (χ4n) is 5.42. The third kappa shape index (κ3) is 6.98. The summed E-state index contributed by atoms with van der Waals surface area (Å²) >= 11 is 1.26. The summed E-state index contributed by atoms with van der Waals surface area (Å²) in [5, 5.41) is 2.97. The van der Waals surface area contributed by atoms with Crippen LogP contribution in [0, 0.1) is 0 Å². The van der Waals surface area contributed by atoms with E-state index in [-0.39, 0.29) is 17.4 Å². The Bertz CT molecular complexity index is 2190. The number of ether oxygens (including phenoxy) is 3. The van der Waals surface area contributed by atoms with E-state index in [1.54, 1.807) is 43.7 Å². The van der Waals surface area contributed by atoms with E-state index >= 15 is 0 Å². The van der Waals surface area contributed by atoms with Crippen molar-refractivity contribution in [2.45, 2.75) is 26.5 Å². The molecule has 48 heavy (non-hydrogen) atoms. The van der Waals surface area contributed by atoms with E-state index in [4.69, 9.17) is 19.2 Å². The van der Waals surface area contributed by atoms with Crippen LogP contribution in [-0.2, 0) is 16.1 Å². The number of hydrogen-bond donors (Lipinski definition) is 1. The van der Waals surface area contributed by atoms with Crippen molar-refractivity contribution in [3.63, 3.8) is 0 Å². The van der Waals surface area contributed by atoms with E-state index in [9.17, 15) is 14.4 Å². The number of methoxy groups -OCH3 is 1. The Kier molecular flexibility index (Phi) is 9.63. The van der Waals surface area contributed by atoms with Crippen molar-refractivity contribution < 1.29 is 23.8 Å². The molecular weight excluding hydrogens is 626 g/mol. The number of allylic oxidation sites excluding steroid dienone is 1. The van der Waals surface area contributed by atoms with Gasteiger partial charge in [-0.25, -0.2) is 9.79 Å². The smallest absolute Gasteiger partial charge is 0.338 e. The Morgan fingerprint density at radius 3 is 2.44 bits per heavy atom. The van der Waals surface area contributed by atoms with Crippen molar-refractivity contribution in [1.82, 2.24) is 4.57 Å². The van der Waals surface area contributed by atoms with Crippen LogP contribution in [0.1, 0.15) is 46.9 Å². The summed E-state index contributed by atoms with van der Waals surface area (Å²) in [4.78, 5) is 45.1. The lowest BCUT2D eigenvalue weighted by Gasteiger charge is -2.25. The lowest BCUT2D eigenvalue weighted by Crippen LogP contribution is -2.40. The zero-order chi connectivity index (χ0) is 33.6. The molecule has 1 atom stereocenters. The first-order valence-corrected chi connectivity index (χ1v) is 16.2. The van der Waals surface area contributed by atoms with Gasteiger partial charge in [0.2, 0.25) is 0 Å². The number of nitrogens with zero attached hydrogens (tertiary/aromatic N) is 2. The van der Waals surface area contributed by atoms with Gasteiger partial charge in [-0.3, -0.25) is 14.2 Å². The summed E-state index contributed by atoms with van der Waals surface area (Å²) in [6, 6.07) is 30.3. The summed E-state index contributed by atoms with van der Waals surface area (Å²) < 4.78 is 18.6. The third-order valence-electron chi connectivity index (χ3n) is 7.73. The molecular formula is C38H33N3O6S. The van der Waals surface area contributed by atoms with Crippen LogP contribution in [0.2, 0.25) is 0 Å². The maximum atomic E-state index is 14.1. The first-order valence-electron chi connectivity index (χ1n) is 15.4. The zero-order valence-electron chi connectivity index (χ0n) is 26.6. The van der Waals surface area contributed by atoms with Crippen molar-refractivity contribution in [3.8, 4) is 11.5 Å². The molecule has 6 rings (SSSR count). The van der Waals surface area contributed by atoms with E-state index in [2.05, 4.69) is 5.32 Å². The predicted octanol–water partition coefficient (Wildman–Crippen LogP) is 5.64. The van der Waals surface area contributed by atoms with Crippen LogP contribution in [0.3, 0.4) is 0 Å². The van der Waals surface area contributed by atoms with Crippen LogP contribution >= 0.6 is 11.3 Å². The minimum atomic E-state index is -0.730. The molecule has 0 unspecified atom stereocenters. The quantitative estimate of drug-likeness (QED) is 0.195. The SMILES string of the molecule is CCOC(=O)c1ccc(COc2cccc(/C=c3\sc4n(c3=O)[C@@H](c3cccc(OC)c3)C(C(=O)Nc3ccccc3)=C(C)N=4)c2)cc1. The number of hydrogen-bond acceptors (Lipinski definition) is 8. The standard InChI is InChI=1S/C38H33N3O6S/c1-4-46-37(44)27-18-16-25(17-19-27)23-47-31-15-8-10-26(20-31)21-32-36(43)41-34(28-11-9-14-30(22-28)45-3)33(24(2)39-38(41)48-32)35(42)40-29-12-6-5-7-13-29/h5-22,34H,4,23H2,1-3H3,(H,40,42)/b32-21-/t34-/m0/s1. The van der Waals surface area contributed by atoms with E-state index in [0.717, 1.165) is 16.7 Å². The van der Waals surface area contributed by atoms with Crippen molar-refractivity contribution in [3.05, 3.63) is 156 Å². The largest absolute Gasteiger partial charge is 0.497 e. The molecule has 5 aromatic rings. The Balaban J connectivity index is 1.32. The minimum Gasteiger partial charge on any atom is -0.497 e. The number of anilines is 1. The van der Waals surface area contributed by atoms with Gasteiger partial charge in [0.1, 0.15) is 18.1 Å². The Morgan fingerprint density at radius 2 is 1.69 bits per heavy atom. The zero-order valence-corrected chi connectivity index (χ0v) is 27.5. The Hall–Kier alpha value is -5.74. The van der Waals surface area contributed by atoms with E-state index < -0.39 is 6.04 Å². The molecule has 9 nitrogen and oxygen atoms in total. The monoisotopic (exact) mass is 659 g/mol. The molecule has 0 saturated carbocycles. The number of para-hydroxylation sites is 1. The molecule has 0 aliphatic carbocycles. The van der Waals surface area contributed by atoms with Crippen LogP contribution in [0.5, 0.6) is 11.5 Å². The van der Waals surface area contributed by atoms with Gasteiger partial charge in [-0.2, -0.15) is 0 Å². The normalized spacial score (nSPS) is 14.1. The maximum absolute atomic E-state index is 14.1. The highest BCUT2D eigenvalue weighted by Crippen LogP contribution is 2.32. The van der Waals surface area contributed by atoms with E-state index in [0.29, 0.717) is 56.6 Å². The summed E-state index contributed by atoms with van der Waals surface area (Å²) in [5.74, 6) is 0.527. The molecule has 242 valence electrons. The summed E-state index contributed by atoms with van der Waals surface area (Å²) in [6.45, 7) is 4.17. The van der Waals surface area contributed by atoms with Crippen molar-refractivity contribution in [2.24, 2.45) is 4.99 Å². The second-order valence-corrected chi connectivity index (χ2v) is 12.0. The van der Waals surface area contributed by atoms with E-state index in [1.807, 2.05) is 91.0 Å². The van der Waals surface area contributed by atoms with Gasteiger partial charge in [0.25, 0.3) is 11.5 Å². The molecule has 1 aliphatic heterocycles. The van der Waals surface area contributed by atoms with Crippen molar-refractivity contribution in [1.29, 1.82) is 0 Å². The van der Waals surface area contributed by atoms with Crippen LogP contribution in [0.15, 0.2) is 124 Å². The molecule has 1 amide bonds. The van der Waals surface area contributed by atoms with Gasteiger partial charge in [0.15, 0.2) is 4.80 Å². The number of thiazole rings is 1. The predicted molar refractivity (Wildman–Crippen MR) is 185 cm³/mol. The van der Waals surface area contributed by atoms with Crippen LogP contribution in [-0.4, -0.2) is 30.2 Å². The lowest BCUT2D eigenvalue weighted by molar-refractivity contribution is -0.113. The molecule has 1 aromatic heterocycles. The first-order chi connectivity index (χ1) is 23.3. The fraction of sp³-hybridized carbons (Fsp3) is 0.158. The Morgan fingerprint density at radius 1 is 0.938 bits per heavy atom. The highest BCUT2D eigenvalue weighted by atomic mass is 32.1. The molecule has 0 bridgehead atoms. The second kappa shape index (κ2) is 14.4. The number of nitrogens with one attached hydrogen (secondary N) is 1. The topological polar surface area (TPSA) is 108 Å². The van der Waals surface area contributed by atoms with E-state index in [1.165, 1.54) is 11.3 Å². The highest BCUT2D eigenvalue weighted by Gasteiger charge is 2.32. The molecule has 10 heteroatoms. The average molecular weight is 660 g/mol. The number of benzene rings is 4. The molecule has 4 aromatic carbocycles. The highest BCUT2D eigenvalue weighted by molar-refractivity contribution is 7.07. The molecule has 0 fully saturated rings. The number of carbonyl (C=O) groups excluding carboxylic acids is 2. The summed E-state index contributed by atoms with van der Waals surface area (Å²) in [6.07, 6.45) is 1.80. The Labute approximate surface area is 281 Å². The second-order valence-electron chi connectivity index (χ2n) is 11.0. The van der Waals surface area contributed by atoms with Gasteiger partial charge < -0.3 is 19.5 Å². The summed E-state index contributed by atoms with van der Waals surface area (Å²) in [5.41, 5.74) is 4.13. The van der Waals surface area contributed by atoms with Gasteiger partial charge in [-0.15, -0.1) is 0 Å². The average Bonchev–Trinajstić information content (AvgIpc) is 3.41. The number of aromatic nitrogens is 1. The van der Waals surface area contributed by atoms with Gasteiger partial charge in [-0.1, -0.05) is 65.9 Å². The van der Waals surface area contributed by atoms with Gasteiger partial charge >= 0.3 is 5.97 Å². The number of esters is 1. The van der Waals surface area contributed by atoms with Gasteiger partial charge in [-0.05, 0) is 85.1 Å². The molecule has 0 spiro atoms. The maximum Gasteiger partial charge on any atom is 0.338 e. The van der Waals surface area contributed by atoms with Crippen LogP contribution < -0.4 is 29.7 Å². The lowest BCUT2D eigenvalue weighted by atomic mass is 9.95. The molecule has 2 heterocycles. The van der Waals surface area contributed by atoms with Crippen molar-refractivity contribution >= 4 is 35.0 Å². The minimum absolute atomic E-state index is 0.267. The third-order valence-corrected chi connectivity index (χ3v) is 8.72. The van der Waals surface area contributed by atoms with Gasteiger partial charge in [0, 0.05) is 5.69 Å². The first kappa shape index (κ1) is 32.2. The number of rotatable bonds is 10. The van der Waals surface area contributed by atoms with Crippen LogP contribution in [0.4, 0.5) is 5.69 Å². The van der Waals surface area contributed by atoms with Crippen LogP contribution in [0.25, 0.3) is 6.08 Å². The number of fused-ring (bicyclic) bond motifs is 1. The van der Waals surface area contributed by atoms with Gasteiger partial charge in [0.05, 0.1) is 41.1 Å². The number of carbonyl (C=O) groups is 2. The summed E-state index contributed by atoms with van der Waals surface area (Å²) in [7, 11) is 1.58. The molecule has 0 radical (unpaired) electrons. The molecule has 1 N–H and O–H groups in total. The van der Waals surface area contributed by atoms with Crippen molar-refractivity contribution in [2.75, 3.05) is 19.0 Å². The molecule has 0 saturated heterocycles. The molecule has 1 aliphatic rings.